The van der Waals surface area contributed by atoms with Crippen LogP contribution in [-0.2, 0) is 6.42 Å². The highest BCUT2D eigenvalue weighted by atomic mass is 79.9. The molecule has 5 rings (SSSR count). The van der Waals surface area contributed by atoms with Crippen LogP contribution >= 0.6 is 15.9 Å². The van der Waals surface area contributed by atoms with Crippen LogP contribution in [-0.4, -0.2) is 64.6 Å². The number of benzene rings is 1. The molecule has 0 amide bonds. The molecule has 2 aliphatic heterocycles. The summed E-state index contributed by atoms with van der Waals surface area (Å²) in [6.45, 7) is 5.55. The molecule has 166 valence electrons. The van der Waals surface area contributed by atoms with Crippen molar-refractivity contribution in [3.63, 3.8) is 0 Å². The van der Waals surface area contributed by atoms with Gasteiger partial charge in [-0.2, -0.15) is 5.10 Å². The predicted octanol–water partition coefficient (Wildman–Crippen LogP) is 4.79. The molecule has 0 saturated carbocycles. The van der Waals surface area contributed by atoms with E-state index in [1.165, 1.54) is 28.1 Å². The molecule has 6 heteroatoms. The maximum Gasteiger partial charge on any atom is 0.0854 e. The molecule has 32 heavy (non-hydrogen) atoms. The van der Waals surface area contributed by atoms with Crippen molar-refractivity contribution >= 4 is 39.8 Å². The number of rotatable bonds is 5. The SMILES string of the molecule is CN1CCN(C2=CC=C(/C=C/c3cc(/C=C/c4ccc5c(c4)NCC5)[nH]n3)C(Br)C2)CC1. The van der Waals surface area contributed by atoms with Crippen LogP contribution in [0.5, 0.6) is 0 Å². The van der Waals surface area contributed by atoms with E-state index in [4.69, 9.17) is 0 Å². The fourth-order valence-corrected chi connectivity index (χ4v) is 5.09. The number of fused-ring (bicyclic) bond motifs is 1. The van der Waals surface area contributed by atoms with Crippen molar-refractivity contribution in [3.8, 4) is 0 Å². The Morgan fingerprint density at radius 2 is 1.91 bits per heavy atom. The lowest BCUT2D eigenvalue weighted by Crippen LogP contribution is -2.44. The highest BCUT2D eigenvalue weighted by Gasteiger charge is 2.21. The highest BCUT2D eigenvalue weighted by molar-refractivity contribution is 9.09. The Hall–Kier alpha value is -2.57. The highest BCUT2D eigenvalue weighted by Crippen LogP contribution is 2.29. The van der Waals surface area contributed by atoms with Crippen LogP contribution < -0.4 is 5.32 Å². The number of nitrogens with zero attached hydrogens (tertiary/aromatic N) is 3. The quantitative estimate of drug-likeness (QED) is 0.590. The predicted molar refractivity (Wildman–Crippen MR) is 138 cm³/mol. The molecule has 5 nitrogen and oxygen atoms in total. The van der Waals surface area contributed by atoms with Gasteiger partial charge in [0.2, 0.25) is 0 Å². The molecular weight excluding hydrogens is 462 g/mol. The normalized spacial score (nSPS) is 21.7. The van der Waals surface area contributed by atoms with Gasteiger partial charge in [-0.25, -0.2) is 0 Å². The topological polar surface area (TPSA) is 47.2 Å². The van der Waals surface area contributed by atoms with Crippen LogP contribution in [0.4, 0.5) is 5.69 Å². The molecular formula is C26H30BrN5. The van der Waals surface area contributed by atoms with E-state index in [9.17, 15) is 0 Å². The lowest BCUT2D eigenvalue weighted by atomic mass is 10.0. The number of anilines is 1. The van der Waals surface area contributed by atoms with Gasteiger partial charge in [-0.3, -0.25) is 5.10 Å². The molecule has 2 aromatic rings. The van der Waals surface area contributed by atoms with E-state index in [1.54, 1.807) is 0 Å². The van der Waals surface area contributed by atoms with Gasteiger partial charge in [0.1, 0.15) is 0 Å². The minimum atomic E-state index is 0.338. The van der Waals surface area contributed by atoms with Gasteiger partial charge in [0.05, 0.1) is 11.4 Å². The van der Waals surface area contributed by atoms with Crippen LogP contribution in [0.25, 0.3) is 18.2 Å². The third-order valence-corrected chi connectivity index (χ3v) is 7.34. The van der Waals surface area contributed by atoms with Crippen LogP contribution in [0, 0.1) is 0 Å². The van der Waals surface area contributed by atoms with Crippen molar-refractivity contribution in [1.82, 2.24) is 20.0 Å². The molecule has 0 radical (unpaired) electrons. The Morgan fingerprint density at radius 3 is 2.75 bits per heavy atom. The summed E-state index contributed by atoms with van der Waals surface area (Å²) in [4.78, 5) is 5.26. The fraction of sp³-hybridized carbons (Fsp3) is 0.346. The minimum absolute atomic E-state index is 0.338. The van der Waals surface area contributed by atoms with Crippen LogP contribution in [0.3, 0.4) is 0 Å². The maximum absolute atomic E-state index is 4.45. The van der Waals surface area contributed by atoms with Crippen molar-refractivity contribution in [2.75, 3.05) is 45.1 Å². The van der Waals surface area contributed by atoms with Crippen molar-refractivity contribution < 1.29 is 0 Å². The number of hydrogen-bond acceptors (Lipinski definition) is 4. The molecule has 1 aromatic heterocycles. The average molecular weight is 492 g/mol. The maximum atomic E-state index is 4.45. The number of likely N-dealkylation sites (N-methyl/N-ethyl adjacent to an activating group) is 1. The summed E-state index contributed by atoms with van der Waals surface area (Å²) in [5, 5.41) is 11.0. The van der Waals surface area contributed by atoms with Gasteiger partial charge in [0.25, 0.3) is 0 Å². The van der Waals surface area contributed by atoms with Crippen LogP contribution in [0.15, 0.2) is 53.8 Å². The zero-order valence-corrected chi connectivity index (χ0v) is 20.1. The first-order valence-corrected chi connectivity index (χ1v) is 12.3. The van der Waals surface area contributed by atoms with Crippen molar-refractivity contribution in [3.05, 3.63) is 76.3 Å². The van der Waals surface area contributed by atoms with Gasteiger partial charge in [-0.05, 0) is 60.5 Å². The lowest BCUT2D eigenvalue weighted by molar-refractivity contribution is 0.182. The second-order valence-corrected chi connectivity index (χ2v) is 9.90. The van der Waals surface area contributed by atoms with Crippen LogP contribution in [0.1, 0.15) is 28.9 Å². The molecule has 1 aromatic carbocycles. The summed E-state index contributed by atoms with van der Waals surface area (Å²) in [6, 6.07) is 8.69. The molecule has 1 unspecified atom stereocenters. The number of alkyl halides is 1. The molecule has 0 spiro atoms. The number of allylic oxidation sites excluding steroid dienone is 5. The van der Waals surface area contributed by atoms with E-state index < -0.39 is 0 Å². The van der Waals surface area contributed by atoms with Crippen molar-refractivity contribution in [1.29, 1.82) is 0 Å². The summed E-state index contributed by atoms with van der Waals surface area (Å²) < 4.78 is 0. The first-order chi connectivity index (χ1) is 15.6. The van der Waals surface area contributed by atoms with Gasteiger partial charge < -0.3 is 15.1 Å². The number of halogens is 1. The van der Waals surface area contributed by atoms with Gasteiger partial charge in [-0.1, -0.05) is 46.3 Å². The van der Waals surface area contributed by atoms with Crippen LogP contribution in [0.2, 0.25) is 0 Å². The molecule has 1 saturated heterocycles. The summed E-state index contributed by atoms with van der Waals surface area (Å²) >= 11 is 3.88. The minimum Gasteiger partial charge on any atom is -0.384 e. The largest absolute Gasteiger partial charge is 0.384 e. The first-order valence-electron chi connectivity index (χ1n) is 11.4. The molecule has 1 atom stereocenters. The summed E-state index contributed by atoms with van der Waals surface area (Å²) in [5.74, 6) is 0. The Labute approximate surface area is 198 Å². The van der Waals surface area contributed by atoms with E-state index >= 15 is 0 Å². The smallest absolute Gasteiger partial charge is 0.0854 e. The third kappa shape index (κ3) is 4.92. The Kier molecular flexibility index (Phi) is 6.32. The van der Waals surface area contributed by atoms with Crippen molar-refractivity contribution in [2.45, 2.75) is 17.7 Å². The zero-order chi connectivity index (χ0) is 21.9. The Bertz CT molecular complexity index is 1090. The van der Waals surface area contributed by atoms with E-state index in [0.29, 0.717) is 4.83 Å². The third-order valence-electron chi connectivity index (χ3n) is 6.49. The van der Waals surface area contributed by atoms with E-state index in [2.05, 4.69) is 109 Å². The summed E-state index contributed by atoms with van der Waals surface area (Å²) in [5.41, 5.74) is 8.53. The second-order valence-electron chi connectivity index (χ2n) is 8.79. The second kappa shape index (κ2) is 9.51. The van der Waals surface area contributed by atoms with Gasteiger partial charge in [-0.15, -0.1) is 0 Å². The molecule has 1 fully saturated rings. The fourth-order valence-electron chi connectivity index (χ4n) is 4.46. The Balaban J connectivity index is 1.22. The van der Waals surface area contributed by atoms with E-state index in [1.807, 2.05) is 0 Å². The Morgan fingerprint density at radius 1 is 1.03 bits per heavy atom. The molecule has 2 N–H and O–H groups in total. The molecule has 0 bridgehead atoms. The zero-order valence-electron chi connectivity index (χ0n) is 18.5. The lowest BCUT2D eigenvalue weighted by Gasteiger charge is -2.37. The monoisotopic (exact) mass is 491 g/mol. The summed E-state index contributed by atoms with van der Waals surface area (Å²) in [7, 11) is 2.20. The molecule has 1 aliphatic carbocycles. The average Bonchev–Trinajstić information content (AvgIpc) is 3.46. The van der Waals surface area contributed by atoms with Gasteiger partial charge >= 0.3 is 0 Å². The van der Waals surface area contributed by atoms with Gasteiger partial charge in [0.15, 0.2) is 0 Å². The number of nitrogens with one attached hydrogen (secondary N) is 2. The van der Waals surface area contributed by atoms with Crippen molar-refractivity contribution in [2.24, 2.45) is 0 Å². The van der Waals surface area contributed by atoms with E-state index in [-0.39, 0.29) is 0 Å². The van der Waals surface area contributed by atoms with Gasteiger partial charge in [0, 0.05) is 55.4 Å². The number of piperazine rings is 1. The molecule has 3 heterocycles. The number of aromatic nitrogens is 2. The number of aromatic amines is 1. The standard InChI is InChI=1S/C26H30BrN5/c1-31-12-14-32(15-13-31)24-9-6-20(25(27)18-24)5-8-23-17-22(29-30-23)7-3-19-2-4-21-10-11-28-26(21)16-19/h2-9,16-17,25,28H,10-15,18H2,1H3,(H,29,30)/b7-3+,8-5+. The first kappa shape index (κ1) is 21.3. The molecule has 3 aliphatic rings. The number of H-pyrrole nitrogens is 1. The summed E-state index contributed by atoms with van der Waals surface area (Å²) in [6.07, 6.45) is 15.1. The van der Waals surface area contributed by atoms with E-state index in [0.717, 1.165) is 57.0 Å². The number of hydrogen-bond donors (Lipinski definition) is 2.